The third kappa shape index (κ3) is 1.97. The second kappa shape index (κ2) is 4.12. The molecule has 0 spiro atoms. The van der Waals surface area contributed by atoms with E-state index in [9.17, 15) is 9.59 Å². The predicted octanol–water partition coefficient (Wildman–Crippen LogP) is -0.0637. The van der Waals surface area contributed by atoms with Gasteiger partial charge in [-0.3, -0.25) is 9.59 Å². The molecule has 0 aromatic rings. The van der Waals surface area contributed by atoms with Gasteiger partial charge in [-0.1, -0.05) is 0 Å². The van der Waals surface area contributed by atoms with Crippen LogP contribution in [0.5, 0.6) is 0 Å². The smallest absolute Gasteiger partial charge is 0.289 e. The van der Waals surface area contributed by atoms with Crippen LogP contribution in [0.2, 0.25) is 0 Å². The summed E-state index contributed by atoms with van der Waals surface area (Å²) in [6.07, 6.45) is 0.0500. The van der Waals surface area contributed by atoms with Crippen LogP contribution in [-0.4, -0.2) is 23.1 Å². The first-order valence-corrected chi connectivity index (χ1v) is 2.92. The number of ketones is 1. The van der Waals surface area contributed by atoms with Crippen LogP contribution in [-0.2, 0) is 42.3 Å². The van der Waals surface area contributed by atoms with Crippen molar-refractivity contribution >= 4 is 11.7 Å². The van der Waals surface area contributed by atoms with Gasteiger partial charge in [0, 0.05) is 39.1 Å². The molecule has 1 aliphatic heterocycles. The largest absolute Gasteiger partial charge is 0.492 e. The van der Waals surface area contributed by atoms with E-state index in [-0.39, 0.29) is 45.7 Å². The molecule has 0 aliphatic carbocycles. The van der Waals surface area contributed by atoms with Crippen molar-refractivity contribution in [1.82, 2.24) is 4.90 Å². The summed E-state index contributed by atoms with van der Waals surface area (Å²) in [6.45, 7) is 9.02. The van der Waals surface area contributed by atoms with E-state index in [0.717, 1.165) is 0 Å². The zero-order valence-corrected chi connectivity index (χ0v) is 8.88. The van der Waals surface area contributed by atoms with Crippen LogP contribution in [0.3, 0.4) is 0 Å². The fourth-order valence-corrected chi connectivity index (χ4v) is 0.862. The van der Waals surface area contributed by atoms with Gasteiger partial charge in [0.2, 0.25) is 5.78 Å². The van der Waals surface area contributed by atoms with Crippen molar-refractivity contribution in [2.75, 3.05) is 6.54 Å². The molecule has 4 heteroatoms. The summed E-state index contributed by atoms with van der Waals surface area (Å²) >= 11 is 0. The van der Waals surface area contributed by atoms with Crippen LogP contribution in [0.1, 0.15) is 6.42 Å². The van der Waals surface area contributed by atoms with Crippen LogP contribution < -0.4 is 0 Å². The molecule has 0 atom stereocenters. The molecule has 1 radical (unpaired) electrons. The Balaban J connectivity index is 0.000001000. The van der Waals surface area contributed by atoms with Gasteiger partial charge in [0.15, 0.2) is 0 Å². The minimum Gasteiger partial charge on any atom is -0.492 e. The number of carbonyl (C=O) groups excluding carboxylic acids is 2. The van der Waals surface area contributed by atoms with Gasteiger partial charge >= 0.3 is 0 Å². The van der Waals surface area contributed by atoms with Gasteiger partial charge in [0.25, 0.3) is 5.91 Å². The minimum atomic E-state index is -0.535. The summed E-state index contributed by atoms with van der Waals surface area (Å²) in [4.78, 5) is 22.6. The second-order valence-electron chi connectivity index (χ2n) is 2.05. The number of carbonyl (C=O) groups is 2. The van der Waals surface area contributed by atoms with Crippen LogP contribution in [0, 0.1) is 13.5 Å². The van der Waals surface area contributed by atoms with E-state index in [1.807, 2.05) is 0 Å². The van der Waals surface area contributed by atoms with Gasteiger partial charge in [-0.25, -0.2) is 0 Å². The van der Waals surface area contributed by atoms with E-state index in [2.05, 4.69) is 6.92 Å². The molecule has 0 bridgehead atoms. The van der Waals surface area contributed by atoms with Crippen LogP contribution >= 0.6 is 0 Å². The number of nitrogens with zero attached hydrogens (tertiary/aromatic N) is 1. The third-order valence-corrected chi connectivity index (χ3v) is 1.40. The Morgan fingerprint density at radius 1 is 1.55 bits per heavy atom. The molecule has 0 saturated carbocycles. The molecule has 11 heavy (non-hydrogen) atoms. The van der Waals surface area contributed by atoms with E-state index < -0.39 is 11.7 Å². The van der Waals surface area contributed by atoms with Crippen LogP contribution in [0.25, 0.3) is 0 Å². The average Bonchev–Trinajstić information content (AvgIpc) is 2.09. The topological polar surface area (TPSA) is 37.4 Å². The number of likely N-dealkylation sites (tertiary alicyclic amines) is 1. The Kier molecular flexibility index (Phi) is 4.11. The molecule has 57 valence electrons. The average molecular weight is 226 g/mol. The van der Waals surface area contributed by atoms with Crippen molar-refractivity contribution in [3.63, 3.8) is 0 Å². The molecule has 1 rings (SSSR count). The van der Waals surface area contributed by atoms with Crippen molar-refractivity contribution < 1.29 is 42.3 Å². The maximum atomic E-state index is 10.8. The van der Waals surface area contributed by atoms with Crippen molar-refractivity contribution in [3.8, 4) is 0 Å². The molecule has 0 N–H and O–H groups in total. The van der Waals surface area contributed by atoms with Gasteiger partial charge in [-0.15, -0.1) is 6.54 Å². The number of Topliss-reactive ketones (excluding diaryl/α,β-unsaturated/α-hetero) is 1. The third-order valence-electron chi connectivity index (χ3n) is 1.40. The van der Waals surface area contributed by atoms with Crippen molar-refractivity contribution in [1.29, 1.82) is 0 Å². The molecule has 1 aliphatic rings. The van der Waals surface area contributed by atoms with E-state index >= 15 is 0 Å². The quantitative estimate of drug-likeness (QED) is 0.463. The molecule has 1 fully saturated rings. The van der Waals surface area contributed by atoms with Crippen LogP contribution in [0.4, 0.5) is 0 Å². The zero-order chi connectivity index (χ0) is 7.72. The second-order valence-corrected chi connectivity index (χ2v) is 2.05. The zero-order valence-electron chi connectivity index (χ0n) is 6.04. The number of allylic oxidation sites excluding steroid dienone is 1. The molecular weight excluding hydrogens is 219 g/mol. The van der Waals surface area contributed by atoms with E-state index in [0.29, 0.717) is 5.70 Å². The van der Waals surface area contributed by atoms with E-state index in [1.165, 1.54) is 4.90 Å². The summed E-state index contributed by atoms with van der Waals surface area (Å²) in [5.74, 6) is -0.978. The summed E-state index contributed by atoms with van der Waals surface area (Å²) in [7, 11) is 0. The molecule has 0 unspecified atom stereocenters. The maximum Gasteiger partial charge on any atom is 0.289 e. The molecule has 3 nitrogen and oxygen atoms in total. The maximum absolute atomic E-state index is 10.8. The number of hydrogen-bond donors (Lipinski definition) is 0. The normalized spacial score (nSPS) is 17.2. The molecule has 0 aromatic carbocycles. The number of hydrogen-bond acceptors (Lipinski definition) is 2. The molecular formula is C7H7NO2Y-2. The van der Waals surface area contributed by atoms with Gasteiger partial charge < -0.3 is 18.4 Å². The predicted molar refractivity (Wildman–Crippen MR) is 34.5 cm³/mol. The Hall–Kier alpha value is -0.0161. The number of rotatable bonds is 1. The van der Waals surface area contributed by atoms with Gasteiger partial charge in [0.1, 0.15) is 0 Å². The monoisotopic (exact) mass is 226 g/mol. The van der Waals surface area contributed by atoms with Crippen LogP contribution in [0.15, 0.2) is 5.70 Å². The Morgan fingerprint density at radius 3 is 2.27 bits per heavy atom. The summed E-state index contributed by atoms with van der Waals surface area (Å²) < 4.78 is 0. The summed E-state index contributed by atoms with van der Waals surface area (Å²) in [6, 6.07) is 0. The molecule has 1 amide bonds. The van der Waals surface area contributed by atoms with Crippen molar-refractivity contribution in [2.24, 2.45) is 0 Å². The summed E-state index contributed by atoms with van der Waals surface area (Å²) in [5, 5.41) is 0. The van der Waals surface area contributed by atoms with E-state index in [1.54, 1.807) is 0 Å². The Labute approximate surface area is 90.7 Å². The van der Waals surface area contributed by atoms with Gasteiger partial charge in [0.05, 0.1) is 0 Å². The Bertz CT molecular complexity index is 212. The fraction of sp³-hybridized carbons (Fsp3) is 0.286. The number of amides is 1. The van der Waals surface area contributed by atoms with E-state index in [4.69, 9.17) is 6.58 Å². The first-order chi connectivity index (χ1) is 4.66. The molecule has 0 aromatic heterocycles. The fourth-order valence-electron chi connectivity index (χ4n) is 0.862. The first-order valence-electron chi connectivity index (χ1n) is 2.92. The summed E-state index contributed by atoms with van der Waals surface area (Å²) in [5.41, 5.74) is 0.310. The standard InChI is InChI=1S/C7H7NO2.Y/c1-3-8-5(2)4-6(9)7(8)10;/h2H,1,3-4H2;/q-2;. The van der Waals surface area contributed by atoms with Gasteiger partial charge in [-0.2, -0.15) is 5.70 Å². The van der Waals surface area contributed by atoms with Gasteiger partial charge in [-0.05, 0) is 0 Å². The SMILES string of the molecule is [CH-]=C1CC(=O)C(=O)N1C[CH2-].[Y]. The molecule has 1 heterocycles. The van der Waals surface area contributed by atoms with Crippen molar-refractivity contribution in [3.05, 3.63) is 19.2 Å². The minimum absolute atomic E-state index is 0. The van der Waals surface area contributed by atoms with Crippen molar-refractivity contribution in [2.45, 2.75) is 6.42 Å². The Morgan fingerprint density at radius 2 is 2.09 bits per heavy atom. The first kappa shape index (κ1) is 11.0. The molecule has 1 saturated heterocycles.